The molecule has 0 aliphatic carbocycles. The van der Waals surface area contributed by atoms with Gasteiger partial charge < -0.3 is 4.90 Å². The van der Waals surface area contributed by atoms with Crippen molar-refractivity contribution in [3.63, 3.8) is 0 Å². The molecule has 0 radical (unpaired) electrons. The van der Waals surface area contributed by atoms with Gasteiger partial charge in [0.1, 0.15) is 5.82 Å². The average Bonchev–Trinajstić information content (AvgIpc) is 2.90. The van der Waals surface area contributed by atoms with E-state index < -0.39 is 21.7 Å². The maximum absolute atomic E-state index is 13.2. The van der Waals surface area contributed by atoms with Crippen molar-refractivity contribution in [2.24, 2.45) is 0 Å². The van der Waals surface area contributed by atoms with Crippen LogP contribution in [0.4, 0.5) is 10.1 Å². The van der Waals surface area contributed by atoms with Crippen molar-refractivity contribution in [3.8, 4) is 0 Å². The number of hydrogen-bond donors (Lipinski definition) is 0. The van der Waals surface area contributed by atoms with E-state index in [0.29, 0.717) is 11.3 Å². The summed E-state index contributed by atoms with van der Waals surface area (Å²) in [6.07, 6.45) is 1.48. The summed E-state index contributed by atoms with van der Waals surface area (Å²) in [5.41, 5.74) is 0.858. The minimum atomic E-state index is -3.34. The first kappa shape index (κ1) is 16.9. The lowest BCUT2D eigenvalue weighted by Crippen LogP contribution is -2.41. The number of hydrogen-bond acceptors (Lipinski definition) is 3. The Kier molecular flexibility index (Phi) is 4.56. The average molecular weight is 410 g/mol. The number of carbonyl (C=O) groups is 1. The van der Waals surface area contributed by atoms with E-state index in [1.54, 1.807) is 24.3 Å². The third-order valence-electron chi connectivity index (χ3n) is 3.66. The molecule has 1 aliphatic heterocycles. The Bertz CT molecular complexity index is 892. The molecule has 7 heteroatoms. The Hall–Kier alpha value is -1.99. The molecule has 0 bridgehead atoms. The van der Waals surface area contributed by atoms with E-state index in [4.69, 9.17) is 0 Å². The van der Waals surface area contributed by atoms with Gasteiger partial charge in [-0.3, -0.25) is 4.79 Å². The molecule has 2 aromatic rings. The zero-order chi connectivity index (χ0) is 17.3. The Labute approximate surface area is 147 Å². The molecule has 0 saturated heterocycles. The van der Waals surface area contributed by atoms with Crippen LogP contribution in [0.3, 0.4) is 0 Å². The first-order chi connectivity index (χ1) is 11.4. The monoisotopic (exact) mass is 409 g/mol. The van der Waals surface area contributed by atoms with E-state index in [2.05, 4.69) is 15.9 Å². The zero-order valence-corrected chi connectivity index (χ0v) is 14.8. The van der Waals surface area contributed by atoms with E-state index in [-0.39, 0.29) is 11.7 Å². The Morgan fingerprint density at radius 1 is 1.08 bits per heavy atom. The highest BCUT2D eigenvalue weighted by molar-refractivity contribution is 9.10. The molecular formula is C17H13BrFNO3S. The molecule has 0 spiro atoms. The van der Waals surface area contributed by atoms with Gasteiger partial charge in [-0.15, -0.1) is 0 Å². The van der Waals surface area contributed by atoms with Gasteiger partial charge in [-0.1, -0.05) is 15.9 Å². The summed E-state index contributed by atoms with van der Waals surface area (Å²) in [5, 5.41) is 1.11. The SMILES string of the molecule is O=C(c1ccc(Br)cc1)N(c1ccc(F)cc1)[C@H]1C=CS(=O)(=O)C1. The van der Waals surface area contributed by atoms with Crippen LogP contribution in [0.5, 0.6) is 0 Å². The molecule has 0 saturated carbocycles. The Morgan fingerprint density at radius 2 is 1.71 bits per heavy atom. The van der Waals surface area contributed by atoms with Crippen molar-refractivity contribution in [1.29, 1.82) is 0 Å². The van der Waals surface area contributed by atoms with Crippen LogP contribution in [-0.4, -0.2) is 26.1 Å². The van der Waals surface area contributed by atoms with E-state index in [0.717, 1.165) is 9.88 Å². The molecule has 4 nitrogen and oxygen atoms in total. The second-order valence-corrected chi connectivity index (χ2v) is 8.23. The number of amides is 1. The highest BCUT2D eigenvalue weighted by Crippen LogP contribution is 2.25. The van der Waals surface area contributed by atoms with Crippen LogP contribution in [0.2, 0.25) is 0 Å². The lowest BCUT2D eigenvalue weighted by molar-refractivity contribution is 0.0983. The number of benzene rings is 2. The predicted octanol–water partition coefficient (Wildman–Crippen LogP) is 3.55. The lowest BCUT2D eigenvalue weighted by atomic mass is 10.1. The van der Waals surface area contributed by atoms with Gasteiger partial charge in [0.25, 0.3) is 5.91 Å². The van der Waals surface area contributed by atoms with Crippen molar-refractivity contribution in [2.75, 3.05) is 10.7 Å². The first-order valence-corrected chi connectivity index (χ1v) is 9.62. The third-order valence-corrected chi connectivity index (χ3v) is 5.56. The van der Waals surface area contributed by atoms with Gasteiger partial charge in [-0.25, -0.2) is 12.8 Å². The fraction of sp³-hybridized carbons (Fsp3) is 0.118. The van der Waals surface area contributed by atoms with Crippen LogP contribution < -0.4 is 4.90 Å². The third kappa shape index (κ3) is 3.57. The summed E-state index contributed by atoms with van der Waals surface area (Å²) in [5.74, 6) is -0.961. The molecule has 24 heavy (non-hydrogen) atoms. The molecular weight excluding hydrogens is 397 g/mol. The molecule has 1 atom stereocenters. The second kappa shape index (κ2) is 6.49. The first-order valence-electron chi connectivity index (χ1n) is 7.11. The minimum absolute atomic E-state index is 0.188. The quantitative estimate of drug-likeness (QED) is 0.778. The van der Waals surface area contributed by atoms with Crippen LogP contribution in [-0.2, 0) is 9.84 Å². The van der Waals surface area contributed by atoms with Gasteiger partial charge >= 0.3 is 0 Å². The maximum Gasteiger partial charge on any atom is 0.258 e. The summed E-state index contributed by atoms with van der Waals surface area (Å²) in [4.78, 5) is 14.3. The van der Waals surface area contributed by atoms with Gasteiger partial charge in [-0.2, -0.15) is 0 Å². The summed E-state index contributed by atoms with van der Waals surface area (Å²) in [6.45, 7) is 0. The number of halogens is 2. The summed E-state index contributed by atoms with van der Waals surface area (Å²) in [7, 11) is -3.34. The van der Waals surface area contributed by atoms with Gasteiger partial charge in [0.2, 0.25) is 0 Å². The summed E-state index contributed by atoms with van der Waals surface area (Å²) in [6, 6.07) is 11.5. The van der Waals surface area contributed by atoms with E-state index >= 15 is 0 Å². The highest BCUT2D eigenvalue weighted by atomic mass is 79.9. The molecule has 1 heterocycles. The Morgan fingerprint density at radius 3 is 2.25 bits per heavy atom. The largest absolute Gasteiger partial charge is 0.300 e. The van der Waals surface area contributed by atoms with Crippen LogP contribution in [0.25, 0.3) is 0 Å². The topological polar surface area (TPSA) is 54.5 Å². The van der Waals surface area contributed by atoms with Crippen molar-refractivity contribution in [1.82, 2.24) is 0 Å². The van der Waals surface area contributed by atoms with Crippen molar-refractivity contribution in [3.05, 3.63) is 75.9 Å². The van der Waals surface area contributed by atoms with Gasteiger partial charge in [0, 0.05) is 21.1 Å². The number of rotatable bonds is 3. The van der Waals surface area contributed by atoms with Crippen LogP contribution in [0, 0.1) is 5.82 Å². The van der Waals surface area contributed by atoms with Crippen molar-refractivity contribution in [2.45, 2.75) is 6.04 Å². The molecule has 3 rings (SSSR count). The molecule has 2 aromatic carbocycles. The summed E-state index contributed by atoms with van der Waals surface area (Å²) < 4.78 is 37.5. The molecule has 0 unspecified atom stereocenters. The smallest absolute Gasteiger partial charge is 0.258 e. The number of anilines is 1. The zero-order valence-electron chi connectivity index (χ0n) is 12.4. The second-order valence-electron chi connectivity index (χ2n) is 5.38. The van der Waals surface area contributed by atoms with Crippen molar-refractivity contribution >= 4 is 37.4 Å². The highest BCUT2D eigenvalue weighted by Gasteiger charge is 2.32. The summed E-state index contributed by atoms with van der Waals surface area (Å²) >= 11 is 3.31. The molecule has 0 aromatic heterocycles. The fourth-order valence-corrected chi connectivity index (χ4v) is 4.05. The molecule has 1 amide bonds. The van der Waals surface area contributed by atoms with E-state index in [9.17, 15) is 17.6 Å². The molecule has 0 fully saturated rings. The maximum atomic E-state index is 13.2. The number of carbonyl (C=O) groups excluding carboxylic acids is 1. The molecule has 124 valence electrons. The predicted molar refractivity (Wildman–Crippen MR) is 94.1 cm³/mol. The van der Waals surface area contributed by atoms with Crippen LogP contribution in [0.15, 0.2) is 64.5 Å². The van der Waals surface area contributed by atoms with Crippen LogP contribution >= 0.6 is 15.9 Å². The lowest BCUT2D eigenvalue weighted by Gasteiger charge is -2.27. The molecule has 0 N–H and O–H groups in total. The fourth-order valence-electron chi connectivity index (χ4n) is 2.51. The van der Waals surface area contributed by atoms with Gasteiger partial charge in [0.15, 0.2) is 9.84 Å². The van der Waals surface area contributed by atoms with Gasteiger partial charge in [-0.05, 0) is 54.6 Å². The van der Waals surface area contributed by atoms with Crippen LogP contribution in [0.1, 0.15) is 10.4 Å². The van der Waals surface area contributed by atoms with E-state index in [1.807, 2.05) is 0 Å². The normalized spacial score (nSPS) is 18.5. The van der Waals surface area contributed by atoms with Crippen molar-refractivity contribution < 1.29 is 17.6 Å². The molecule has 1 aliphatic rings. The standard InChI is InChI=1S/C17H13BrFNO3S/c18-13-3-1-12(2-4-13)17(21)20(15-7-5-14(19)6-8-15)16-9-10-24(22,23)11-16/h1-10,16H,11H2/t16-/m0/s1. The van der Waals surface area contributed by atoms with Gasteiger partial charge in [0.05, 0.1) is 11.8 Å². The minimum Gasteiger partial charge on any atom is -0.300 e. The Balaban J connectivity index is 2.01. The number of sulfone groups is 1. The van der Waals surface area contributed by atoms with E-state index in [1.165, 1.54) is 35.2 Å². The number of nitrogens with zero attached hydrogens (tertiary/aromatic N) is 1.